The van der Waals surface area contributed by atoms with Gasteiger partial charge in [-0.2, -0.15) is 0 Å². The number of rotatable bonds is 6. The van der Waals surface area contributed by atoms with Gasteiger partial charge in [0.1, 0.15) is 5.75 Å². The summed E-state index contributed by atoms with van der Waals surface area (Å²) in [5.74, 6) is 0.693. The van der Waals surface area contributed by atoms with E-state index in [4.69, 9.17) is 9.47 Å². The molecule has 0 saturated carbocycles. The van der Waals surface area contributed by atoms with Gasteiger partial charge < -0.3 is 14.8 Å². The molecule has 1 saturated heterocycles. The van der Waals surface area contributed by atoms with Crippen LogP contribution < -0.4 is 10.1 Å². The van der Waals surface area contributed by atoms with Gasteiger partial charge in [-0.3, -0.25) is 9.78 Å². The van der Waals surface area contributed by atoms with E-state index < -0.39 is 0 Å². The number of nitrogens with zero attached hydrogens (tertiary/aromatic N) is 1. The van der Waals surface area contributed by atoms with E-state index in [9.17, 15) is 4.79 Å². The van der Waals surface area contributed by atoms with E-state index >= 15 is 0 Å². The molecule has 5 heteroatoms. The lowest BCUT2D eigenvalue weighted by Crippen LogP contribution is -2.39. The van der Waals surface area contributed by atoms with Crippen LogP contribution in [0.2, 0.25) is 0 Å². The number of hydrogen-bond donors (Lipinski definition) is 1. The Bertz CT molecular complexity index is 417. The summed E-state index contributed by atoms with van der Waals surface area (Å²) in [6, 6.07) is 1.75. The van der Waals surface area contributed by atoms with Gasteiger partial charge in [-0.25, -0.2) is 0 Å². The van der Waals surface area contributed by atoms with Crippen molar-refractivity contribution in [3.05, 3.63) is 24.0 Å². The average Bonchev–Trinajstić information content (AvgIpc) is 2.46. The van der Waals surface area contributed by atoms with Gasteiger partial charge in [-0.1, -0.05) is 6.92 Å². The molecule has 1 aromatic rings. The van der Waals surface area contributed by atoms with Crippen LogP contribution in [0.15, 0.2) is 18.5 Å². The number of pyridine rings is 1. The molecule has 5 nitrogen and oxygen atoms in total. The largest absolute Gasteiger partial charge is 0.492 e. The molecule has 1 aliphatic heterocycles. The molecule has 0 amide bonds. The Kier molecular flexibility index (Phi) is 5.30. The number of aromatic nitrogens is 1. The summed E-state index contributed by atoms with van der Waals surface area (Å²) >= 11 is 0. The number of carbonyl (C=O) groups is 1. The molecule has 1 aromatic heterocycles. The van der Waals surface area contributed by atoms with Crippen molar-refractivity contribution in [2.75, 3.05) is 26.3 Å². The first-order chi connectivity index (χ1) is 9.29. The number of nitrogens with one attached hydrogen (secondary N) is 1. The first-order valence-electron chi connectivity index (χ1n) is 6.73. The highest BCUT2D eigenvalue weighted by Gasteiger charge is 2.18. The number of carbonyl (C=O) groups excluding carboxylic acids is 1. The van der Waals surface area contributed by atoms with Crippen LogP contribution in [0, 0.1) is 0 Å². The Morgan fingerprint density at radius 2 is 2.47 bits per heavy atom. The maximum absolute atomic E-state index is 12.1. The lowest BCUT2D eigenvalue weighted by molar-refractivity contribution is 0.0240. The summed E-state index contributed by atoms with van der Waals surface area (Å²) < 4.78 is 11.0. The number of Topliss-reactive ketones (excluding diaryl/α,β-unsaturated/α-hetero) is 1. The van der Waals surface area contributed by atoms with E-state index in [0.717, 1.165) is 19.5 Å². The zero-order valence-electron chi connectivity index (χ0n) is 11.2. The summed E-state index contributed by atoms with van der Waals surface area (Å²) in [5.41, 5.74) is 0.586. The van der Waals surface area contributed by atoms with Crippen LogP contribution in [0.3, 0.4) is 0 Å². The van der Waals surface area contributed by atoms with Crippen molar-refractivity contribution in [1.82, 2.24) is 10.3 Å². The number of hydrogen-bond acceptors (Lipinski definition) is 5. The van der Waals surface area contributed by atoms with Crippen molar-refractivity contribution < 1.29 is 14.3 Å². The molecule has 0 aliphatic carbocycles. The summed E-state index contributed by atoms with van der Waals surface area (Å²) in [6.07, 6.45) is 4.48. The highest BCUT2D eigenvalue weighted by Crippen LogP contribution is 2.15. The number of morpholine rings is 1. The fourth-order valence-corrected chi connectivity index (χ4v) is 1.95. The first-order valence-corrected chi connectivity index (χ1v) is 6.73. The fraction of sp³-hybridized carbons (Fsp3) is 0.571. The van der Waals surface area contributed by atoms with Crippen LogP contribution in [-0.2, 0) is 4.74 Å². The minimum Gasteiger partial charge on any atom is -0.492 e. The molecule has 0 radical (unpaired) electrons. The maximum atomic E-state index is 12.1. The molecule has 1 aliphatic rings. The van der Waals surface area contributed by atoms with Gasteiger partial charge in [0.05, 0.1) is 25.5 Å². The van der Waals surface area contributed by atoms with Crippen molar-refractivity contribution in [3.63, 3.8) is 0 Å². The minimum atomic E-state index is -0.0403. The van der Waals surface area contributed by atoms with Crippen molar-refractivity contribution in [2.24, 2.45) is 0 Å². The summed E-state index contributed by atoms with van der Waals surface area (Å²) in [5, 5.41) is 3.21. The highest BCUT2D eigenvalue weighted by molar-refractivity contribution is 5.96. The molecule has 0 spiro atoms. The van der Waals surface area contributed by atoms with Crippen molar-refractivity contribution in [3.8, 4) is 5.75 Å². The van der Waals surface area contributed by atoms with Gasteiger partial charge in [0.25, 0.3) is 0 Å². The van der Waals surface area contributed by atoms with Gasteiger partial charge >= 0.3 is 0 Å². The Morgan fingerprint density at radius 3 is 3.21 bits per heavy atom. The Balaban J connectivity index is 1.93. The molecular formula is C14H20N2O3. The third kappa shape index (κ3) is 4.29. The lowest BCUT2D eigenvalue weighted by atomic mass is 10.1. The van der Waals surface area contributed by atoms with Gasteiger partial charge in [0.2, 0.25) is 0 Å². The van der Waals surface area contributed by atoms with Gasteiger partial charge in [0, 0.05) is 31.3 Å². The molecule has 1 atom stereocenters. The van der Waals surface area contributed by atoms with Crippen molar-refractivity contribution in [2.45, 2.75) is 25.9 Å². The van der Waals surface area contributed by atoms with E-state index in [2.05, 4.69) is 10.3 Å². The zero-order chi connectivity index (χ0) is 13.5. The Morgan fingerprint density at radius 1 is 1.58 bits per heavy atom. The van der Waals surface area contributed by atoms with Crippen LogP contribution in [0.1, 0.15) is 30.1 Å². The third-order valence-electron chi connectivity index (χ3n) is 2.93. The van der Waals surface area contributed by atoms with Gasteiger partial charge in [-0.15, -0.1) is 0 Å². The lowest BCUT2D eigenvalue weighted by Gasteiger charge is -2.22. The van der Waals surface area contributed by atoms with E-state index in [0.29, 0.717) is 30.9 Å². The Hall–Kier alpha value is -1.46. The van der Waals surface area contributed by atoms with Crippen molar-refractivity contribution in [1.29, 1.82) is 0 Å². The van der Waals surface area contributed by atoms with E-state index in [1.54, 1.807) is 18.5 Å². The molecule has 104 valence electrons. The van der Waals surface area contributed by atoms with E-state index in [1.807, 2.05) is 6.92 Å². The van der Waals surface area contributed by atoms with E-state index in [-0.39, 0.29) is 11.9 Å². The van der Waals surface area contributed by atoms with E-state index in [1.165, 1.54) is 0 Å². The van der Waals surface area contributed by atoms with Crippen LogP contribution >= 0.6 is 0 Å². The van der Waals surface area contributed by atoms with Gasteiger partial charge in [-0.05, 0) is 12.5 Å². The second-order valence-electron chi connectivity index (χ2n) is 4.58. The summed E-state index contributed by atoms with van der Waals surface area (Å²) in [7, 11) is 0. The fourth-order valence-electron chi connectivity index (χ4n) is 1.95. The first kappa shape index (κ1) is 14.0. The molecule has 2 heterocycles. The minimum absolute atomic E-state index is 0.0403. The zero-order valence-corrected chi connectivity index (χ0v) is 11.2. The number of ether oxygens (including phenoxy) is 2. The predicted octanol–water partition coefficient (Wildman–Crippen LogP) is 1.43. The molecule has 1 unspecified atom stereocenters. The molecule has 0 bridgehead atoms. The average molecular weight is 264 g/mol. The van der Waals surface area contributed by atoms with Crippen LogP contribution in [0.5, 0.6) is 5.75 Å². The van der Waals surface area contributed by atoms with Crippen LogP contribution in [0.4, 0.5) is 0 Å². The summed E-state index contributed by atoms with van der Waals surface area (Å²) in [6.45, 7) is 4.92. The third-order valence-corrected chi connectivity index (χ3v) is 2.93. The SMILES string of the molecule is CCCOc1cncc(C(=O)CC2CNCCO2)c1. The van der Waals surface area contributed by atoms with Crippen LogP contribution in [0.25, 0.3) is 0 Å². The van der Waals surface area contributed by atoms with Gasteiger partial charge in [0.15, 0.2) is 5.78 Å². The highest BCUT2D eigenvalue weighted by atomic mass is 16.5. The smallest absolute Gasteiger partial charge is 0.167 e. The molecule has 19 heavy (non-hydrogen) atoms. The second kappa shape index (κ2) is 7.21. The molecular weight excluding hydrogens is 244 g/mol. The summed E-state index contributed by atoms with van der Waals surface area (Å²) in [4.78, 5) is 16.2. The monoisotopic (exact) mass is 264 g/mol. The van der Waals surface area contributed by atoms with Crippen LogP contribution in [-0.4, -0.2) is 43.2 Å². The standard InChI is InChI=1S/C14H20N2O3/c1-2-4-18-12-6-11(8-16-10-12)14(17)7-13-9-15-3-5-19-13/h6,8,10,13,15H,2-5,7,9H2,1H3. The normalized spacial score (nSPS) is 19.1. The number of ketones is 1. The predicted molar refractivity (Wildman–Crippen MR) is 71.6 cm³/mol. The molecule has 1 N–H and O–H groups in total. The quantitative estimate of drug-likeness (QED) is 0.788. The second-order valence-corrected chi connectivity index (χ2v) is 4.58. The van der Waals surface area contributed by atoms with Crippen molar-refractivity contribution >= 4 is 5.78 Å². The molecule has 0 aromatic carbocycles. The molecule has 1 fully saturated rings. The topological polar surface area (TPSA) is 60.5 Å². The Labute approximate surface area is 113 Å². The maximum Gasteiger partial charge on any atom is 0.167 e. The molecule has 2 rings (SSSR count).